The van der Waals surface area contributed by atoms with Crippen molar-refractivity contribution in [2.75, 3.05) is 39.4 Å². The number of morpholine rings is 1. The van der Waals surface area contributed by atoms with Crippen molar-refractivity contribution in [3.63, 3.8) is 0 Å². The summed E-state index contributed by atoms with van der Waals surface area (Å²) in [6, 6.07) is 19.8. The number of carbonyl (C=O) groups excluding carboxylic acids is 1. The number of quaternary nitrogens is 1. The lowest BCUT2D eigenvalue weighted by Gasteiger charge is -2.23. The molecule has 5 heteroatoms. The zero-order valence-electron chi connectivity index (χ0n) is 16.5. The highest BCUT2D eigenvalue weighted by Gasteiger charge is 2.14. The van der Waals surface area contributed by atoms with Gasteiger partial charge in [0.2, 0.25) is 0 Å². The lowest BCUT2D eigenvalue weighted by molar-refractivity contribution is -0.906. The molecule has 29 heavy (non-hydrogen) atoms. The molecule has 0 spiro atoms. The Morgan fingerprint density at radius 2 is 1.76 bits per heavy atom. The number of aliphatic hydroxyl groups excluding tert-OH is 1. The Kier molecular flexibility index (Phi) is 6.20. The molecule has 0 atom stereocenters. The van der Waals surface area contributed by atoms with Gasteiger partial charge in [-0.2, -0.15) is 0 Å². The van der Waals surface area contributed by atoms with Crippen molar-refractivity contribution in [2.45, 2.75) is 6.61 Å². The first kappa shape index (κ1) is 19.6. The van der Waals surface area contributed by atoms with E-state index in [2.05, 4.69) is 17.4 Å². The van der Waals surface area contributed by atoms with E-state index in [-0.39, 0.29) is 12.5 Å². The zero-order valence-corrected chi connectivity index (χ0v) is 16.5. The summed E-state index contributed by atoms with van der Waals surface area (Å²) < 4.78 is 5.36. The third-order valence-electron chi connectivity index (χ3n) is 5.59. The molecule has 1 aliphatic rings. The van der Waals surface area contributed by atoms with Crippen molar-refractivity contribution in [3.05, 3.63) is 71.8 Å². The van der Waals surface area contributed by atoms with Crippen LogP contribution >= 0.6 is 0 Å². The van der Waals surface area contributed by atoms with E-state index < -0.39 is 0 Å². The van der Waals surface area contributed by atoms with Gasteiger partial charge < -0.3 is 20.1 Å². The Morgan fingerprint density at radius 3 is 2.52 bits per heavy atom. The average Bonchev–Trinajstić information content (AvgIpc) is 2.79. The van der Waals surface area contributed by atoms with Crippen molar-refractivity contribution in [1.82, 2.24) is 5.32 Å². The molecule has 0 bridgehead atoms. The van der Waals surface area contributed by atoms with Gasteiger partial charge in [0.05, 0.1) is 32.9 Å². The Morgan fingerprint density at radius 1 is 1.00 bits per heavy atom. The largest absolute Gasteiger partial charge is 0.392 e. The van der Waals surface area contributed by atoms with E-state index in [4.69, 9.17) is 4.74 Å². The van der Waals surface area contributed by atoms with E-state index in [9.17, 15) is 9.90 Å². The molecule has 0 aromatic heterocycles. The summed E-state index contributed by atoms with van der Waals surface area (Å²) in [4.78, 5) is 14.0. The minimum Gasteiger partial charge on any atom is -0.392 e. The van der Waals surface area contributed by atoms with Gasteiger partial charge in [-0.3, -0.25) is 4.79 Å². The molecular weight excluding hydrogens is 364 g/mol. The van der Waals surface area contributed by atoms with Crippen LogP contribution in [0.3, 0.4) is 0 Å². The van der Waals surface area contributed by atoms with Crippen LogP contribution in [0.15, 0.2) is 60.7 Å². The van der Waals surface area contributed by atoms with E-state index in [0.29, 0.717) is 12.1 Å². The van der Waals surface area contributed by atoms with E-state index in [0.717, 1.165) is 60.3 Å². The maximum absolute atomic E-state index is 12.5. The summed E-state index contributed by atoms with van der Waals surface area (Å²) >= 11 is 0. The van der Waals surface area contributed by atoms with Gasteiger partial charge in [0, 0.05) is 5.56 Å². The summed E-state index contributed by atoms with van der Waals surface area (Å²) in [5.74, 6) is -0.0514. The van der Waals surface area contributed by atoms with Crippen LogP contribution in [0.1, 0.15) is 15.9 Å². The first-order chi connectivity index (χ1) is 14.3. The fourth-order valence-corrected chi connectivity index (χ4v) is 3.94. The molecule has 0 radical (unpaired) electrons. The van der Waals surface area contributed by atoms with Crippen LogP contribution in [0, 0.1) is 0 Å². The number of rotatable bonds is 6. The quantitative estimate of drug-likeness (QED) is 0.599. The number of benzene rings is 3. The fourth-order valence-electron chi connectivity index (χ4n) is 3.94. The van der Waals surface area contributed by atoms with Crippen LogP contribution in [0.5, 0.6) is 0 Å². The minimum absolute atomic E-state index is 0.0215. The summed E-state index contributed by atoms with van der Waals surface area (Å²) in [5.41, 5.74) is 3.56. The number of hydrogen-bond donors (Lipinski definition) is 3. The molecule has 3 aromatic carbocycles. The third-order valence-corrected chi connectivity index (χ3v) is 5.59. The van der Waals surface area contributed by atoms with E-state index in [1.807, 2.05) is 48.5 Å². The predicted molar refractivity (Wildman–Crippen MR) is 114 cm³/mol. The normalized spacial score (nSPS) is 14.8. The summed E-state index contributed by atoms with van der Waals surface area (Å²) in [6.07, 6.45) is 0. The average molecular weight is 391 g/mol. The van der Waals surface area contributed by atoms with Gasteiger partial charge >= 0.3 is 0 Å². The molecule has 5 nitrogen and oxygen atoms in total. The first-order valence-corrected chi connectivity index (χ1v) is 10.2. The van der Waals surface area contributed by atoms with E-state index in [1.54, 1.807) is 0 Å². The van der Waals surface area contributed by atoms with Gasteiger partial charge in [-0.15, -0.1) is 0 Å². The Hall–Kier alpha value is -2.73. The fraction of sp³-hybridized carbons (Fsp3) is 0.292. The number of nitrogens with one attached hydrogen (secondary N) is 2. The Labute approximate surface area is 170 Å². The predicted octanol–water partition coefficient (Wildman–Crippen LogP) is 1.64. The second-order valence-electron chi connectivity index (χ2n) is 7.42. The minimum atomic E-state index is -0.0514. The first-order valence-electron chi connectivity index (χ1n) is 10.2. The molecule has 0 unspecified atom stereocenters. The van der Waals surface area contributed by atoms with Crippen LogP contribution in [0.25, 0.3) is 21.9 Å². The lowest BCUT2D eigenvalue weighted by Crippen LogP contribution is -3.14. The van der Waals surface area contributed by atoms with Gasteiger partial charge in [-0.1, -0.05) is 48.5 Å². The van der Waals surface area contributed by atoms with Gasteiger partial charge in [0.15, 0.2) is 0 Å². The summed E-state index contributed by atoms with van der Waals surface area (Å²) in [7, 11) is 0. The molecule has 3 aromatic rings. The van der Waals surface area contributed by atoms with Crippen molar-refractivity contribution in [3.8, 4) is 11.1 Å². The van der Waals surface area contributed by atoms with Crippen LogP contribution < -0.4 is 10.2 Å². The van der Waals surface area contributed by atoms with Crippen molar-refractivity contribution >= 4 is 16.7 Å². The van der Waals surface area contributed by atoms with Gasteiger partial charge in [0.25, 0.3) is 5.91 Å². The zero-order chi connectivity index (χ0) is 20.1. The molecule has 0 saturated carbocycles. The van der Waals surface area contributed by atoms with Crippen molar-refractivity contribution in [2.24, 2.45) is 0 Å². The molecule has 1 amide bonds. The second kappa shape index (κ2) is 9.18. The van der Waals surface area contributed by atoms with E-state index >= 15 is 0 Å². The number of fused-ring (bicyclic) bond motifs is 1. The maximum atomic E-state index is 12.5. The monoisotopic (exact) mass is 391 g/mol. The number of amides is 1. The highest BCUT2D eigenvalue weighted by Crippen LogP contribution is 2.32. The molecule has 1 saturated heterocycles. The van der Waals surface area contributed by atoms with Gasteiger partial charge in [0.1, 0.15) is 13.1 Å². The third kappa shape index (κ3) is 4.48. The molecule has 1 heterocycles. The topological polar surface area (TPSA) is 63.0 Å². The molecule has 1 fully saturated rings. The SMILES string of the molecule is O=C(NCC[NH+]1CCOCC1)c1ccc(-c2c(CO)ccc3ccccc23)cc1. The maximum Gasteiger partial charge on any atom is 0.251 e. The Bertz CT molecular complexity index is 979. The van der Waals surface area contributed by atoms with Crippen molar-refractivity contribution < 1.29 is 19.5 Å². The molecule has 150 valence electrons. The smallest absolute Gasteiger partial charge is 0.251 e. The van der Waals surface area contributed by atoms with Gasteiger partial charge in [-0.05, 0) is 39.6 Å². The molecule has 1 aliphatic heterocycles. The summed E-state index contributed by atoms with van der Waals surface area (Å²) in [6.45, 7) is 5.16. The van der Waals surface area contributed by atoms with E-state index in [1.165, 1.54) is 4.90 Å². The molecular formula is C24H27N2O3+. The van der Waals surface area contributed by atoms with Crippen LogP contribution in [0.2, 0.25) is 0 Å². The Balaban J connectivity index is 1.48. The highest BCUT2D eigenvalue weighted by molar-refractivity contribution is 5.99. The molecule has 0 aliphatic carbocycles. The standard InChI is InChI=1S/C24H26N2O3/c27-17-21-10-5-18-3-1-2-4-22(18)23(21)19-6-8-20(9-7-19)24(28)25-11-12-26-13-15-29-16-14-26/h1-10,27H,11-17H2,(H,25,28)/p+1. The number of hydrogen-bond acceptors (Lipinski definition) is 3. The van der Waals surface area contributed by atoms with Crippen LogP contribution in [-0.4, -0.2) is 50.4 Å². The second-order valence-corrected chi connectivity index (χ2v) is 7.42. The number of carbonyl (C=O) groups is 1. The highest BCUT2D eigenvalue weighted by atomic mass is 16.5. The number of ether oxygens (including phenoxy) is 1. The van der Waals surface area contributed by atoms with Gasteiger partial charge in [-0.25, -0.2) is 0 Å². The lowest BCUT2D eigenvalue weighted by atomic mass is 9.93. The van der Waals surface area contributed by atoms with Crippen LogP contribution in [0.4, 0.5) is 0 Å². The molecule has 4 rings (SSSR count). The number of aliphatic hydroxyl groups is 1. The van der Waals surface area contributed by atoms with Crippen LogP contribution in [-0.2, 0) is 11.3 Å². The molecule has 3 N–H and O–H groups in total. The van der Waals surface area contributed by atoms with Crippen molar-refractivity contribution in [1.29, 1.82) is 0 Å². The summed E-state index contributed by atoms with van der Waals surface area (Å²) in [5, 5.41) is 15.1.